The van der Waals surface area contributed by atoms with Gasteiger partial charge in [-0.25, -0.2) is 4.68 Å². The van der Waals surface area contributed by atoms with Gasteiger partial charge in [-0.05, 0) is 35.0 Å². The zero-order chi connectivity index (χ0) is 10.1. The molecule has 2 N–H and O–H groups in total. The van der Waals surface area contributed by atoms with E-state index in [2.05, 4.69) is 26.0 Å². The van der Waals surface area contributed by atoms with E-state index in [4.69, 9.17) is 5.73 Å². The number of hydrogen-bond acceptors (Lipinski definition) is 3. The molecule has 0 saturated heterocycles. The van der Waals surface area contributed by atoms with E-state index < -0.39 is 0 Å². The van der Waals surface area contributed by atoms with E-state index in [1.165, 1.54) is 0 Å². The van der Waals surface area contributed by atoms with Gasteiger partial charge in [0.1, 0.15) is 10.4 Å². The van der Waals surface area contributed by atoms with Crippen molar-refractivity contribution in [3.8, 4) is 5.69 Å². The van der Waals surface area contributed by atoms with Gasteiger partial charge in [0.25, 0.3) is 0 Å². The first-order chi connectivity index (χ1) is 6.70. The van der Waals surface area contributed by atoms with Crippen LogP contribution in [0, 0.1) is 6.92 Å². The van der Waals surface area contributed by atoms with Crippen molar-refractivity contribution < 1.29 is 0 Å². The fourth-order valence-electron chi connectivity index (χ4n) is 1.16. The summed E-state index contributed by atoms with van der Waals surface area (Å²) in [6.07, 6.45) is 3.42. The lowest BCUT2D eigenvalue weighted by Crippen LogP contribution is -2.02. The van der Waals surface area contributed by atoms with Gasteiger partial charge in [0, 0.05) is 18.0 Å². The van der Waals surface area contributed by atoms with Gasteiger partial charge in [0.15, 0.2) is 0 Å². The normalized spacial score (nSPS) is 10.4. The molecular weight excluding hydrogens is 244 g/mol. The maximum atomic E-state index is 5.89. The number of pyridine rings is 1. The minimum atomic E-state index is 0.642. The van der Waals surface area contributed by atoms with Gasteiger partial charge in [-0.1, -0.05) is 0 Å². The number of hydrogen-bond donors (Lipinski definition) is 1. The van der Waals surface area contributed by atoms with E-state index in [0.717, 1.165) is 15.9 Å². The third-order valence-corrected chi connectivity index (χ3v) is 2.77. The Kier molecular flexibility index (Phi) is 2.25. The van der Waals surface area contributed by atoms with Crippen molar-refractivity contribution in [3.63, 3.8) is 0 Å². The standard InChI is InChI=1S/C9H9BrN4/c1-6-8(10)13-14(9(6)11)7-2-4-12-5-3-7/h2-5H,11H2,1H3. The van der Waals surface area contributed by atoms with Crippen LogP contribution in [0.1, 0.15) is 5.56 Å². The molecule has 2 aromatic heterocycles. The van der Waals surface area contributed by atoms with Crippen LogP contribution in [0.25, 0.3) is 5.69 Å². The lowest BCUT2D eigenvalue weighted by Gasteiger charge is -2.02. The van der Waals surface area contributed by atoms with Gasteiger partial charge >= 0.3 is 0 Å². The van der Waals surface area contributed by atoms with Gasteiger partial charge < -0.3 is 5.73 Å². The zero-order valence-electron chi connectivity index (χ0n) is 7.61. The Labute approximate surface area is 89.9 Å². The molecule has 0 aliphatic rings. The fraction of sp³-hybridized carbons (Fsp3) is 0.111. The third kappa shape index (κ3) is 1.39. The highest BCUT2D eigenvalue weighted by Gasteiger charge is 2.09. The lowest BCUT2D eigenvalue weighted by atomic mass is 10.3. The zero-order valence-corrected chi connectivity index (χ0v) is 9.19. The number of nitrogens with zero attached hydrogens (tertiary/aromatic N) is 3. The van der Waals surface area contributed by atoms with E-state index in [9.17, 15) is 0 Å². The molecule has 0 amide bonds. The molecule has 4 nitrogen and oxygen atoms in total. The quantitative estimate of drug-likeness (QED) is 0.844. The summed E-state index contributed by atoms with van der Waals surface area (Å²) in [7, 11) is 0. The fourth-order valence-corrected chi connectivity index (χ4v) is 1.52. The predicted octanol–water partition coefficient (Wildman–Crippen LogP) is 1.92. The molecule has 72 valence electrons. The predicted molar refractivity (Wildman–Crippen MR) is 58.2 cm³/mol. The van der Waals surface area contributed by atoms with Crippen LogP contribution in [-0.4, -0.2) is 14.8 Å². The second-order valence-corrected chi connectivity index (χ2v) is 3.67. The summed E-state index contributed by atoms with van der Waals surface area (Å²) in [4.78, 5) is 3.94. The largest absolute Gasteiger partial charge is 0.383 e. The van der Waals surface area contributed by atoms with Crippen LogP contribution < -0.4 is 5.73 Å². The Morgan fingerprint density at radius 2 is 2.00 bits per heavy atom. The van der Waals surface area contributed by atoms with Gasteiger partial charge in [0.2, 0.25) is 0 Å². The smallest absolute Gasteiger partial charge is 0.133 e. The van der Waals surface area contributed by atoms with Crippen molar-refractivity contribution in [2.45, 2.75) is 6.92 Å². The van der Waals surface area contributed by atoms with E-state index in [1.807, 2.05) is 19.1 Å². The molecule has 14 heavy (non-hydrogen) atoms. The molecule has 0 unspecified atom stereocenters. The van der Waals surface area contributed by atoms with Crippen molar-refractivity contribution >= 4 is 21.7 Å². The molecule has 0 bridgehead atoms. The molecule has 2 aromatic rings. The average molecular weight is 253 g/mol. The van der Waals surface area contributed by atoms with Gasteiger partial charge in [-0.15, -0.1) is 0 Å². The van der Waals surface area contributed by atoms with Crippen molar-refractivity contribution in [1.82, 2.24) is 14.8 Å². The van der Waals surface area contributed by atoms with Gasteiger partial charge in [-0.2, -0.15) is 5.10 Å². The van der Waals surface area contributed by atoms with Crippen LogP contribution in [-0.2, 0) is 0 Å². The minimum absolute atomic E-state index is 0.642. The molecule has 0 radical (unpaired) electrons. The molecular formula is C9H9BrN4. The van der Waals surface area contributed by atoms with Crippen molar-refractivity contribution in [1.29, 1.82) is 0 Å². The Morgan fingerprint density at radius 1 is 1.36 bits per heavy atom. The van der Waals surface area contributed by atoms with Crippen molar-refractivity contribution in [2.24, 2.45) is 0 Å². The number of anilines is 1. The van der Waals surface area contributed by atoms with Crippen molar-refractivity contribution in [3.05, 3.63) is 34.7 Å². The summed E-state index contributed by atoms with van der Waals surface area (Å²) in [5.41, 5.74) is 7.74. The van der Waals surface area contributed by atoms with Crippen LogP contribution in [0.15, 0.2) is 29.1 Å². The summed E-state index contributed by atoms with van der Waals surface area (Å²) in [5.74, 6) is 0.642. The van der Waals surface area contributed by atoms with Crippen LogP contribution in [0.5, 0.6) is 0 Å². The third-order valence-electron chi connectivity index (χ3n) is 2.02. The number of nitrogens with two attached hydrogens (primary N) is 1. The molecule has 2 heterocycles. The number of rotatable bonds is 1. The Morgan fingerprint density at radius 3 is 2.50 bits per heavy atom. The first-order valence-electron chi connectivity index (χ1n) is 4.11. The van der Waals surface area contributed by atoms with E-state index in [0.29, 0.717) is 5.82 Å². The Balaban J connectivity index is 2.58. The highest BCUT2D eigenvalue weighted by Crippen LogP contribution is 2.23. The molecule has 0 spiro atoms. The maximum Gasteiger partial charge on any atom is 0.133 e. The van der Waals surface area contributed by atoms with E-state index >= 15 is 0 Å². The SMILES string of the molecule is Cc1c(Br)nn(-c2ccncc2)c1N. The number of nitrogen functional groups attached to an aromatic ring is 1. The molecule has 0 aromatic carbocycles. The van der Waals surface area contributed by atoms with Gasteiger partial charge in [0.05, 0.1) is 5.69 Å². The molecule has 0 saturated carbocycles. The molecule has 0 atom stereocenters. The summed E-state index contributed by atoms with van der Waals surface area (Å²) >= 11 is 3.34. The maximum absolute atomic E-state index is 5.89. The summed E-state index contributed by atoms with van der Waals surface area (Å²) < 4.78 is 2.45. The summed E-state index contributed by atoms with van der Waals surface area (Å²) in [5, 5.41) is 4.26. The second kappa shape index (κ2) is 3.42. The van der Waals surface area contributed by atoms with Crippen LogP contribution in [0.2, 0.25) is 0 Å². The first-order valence-corrected chi connectivity index (χ1v) is 4.90. The first kappa shape index (κ1) is 9.21. The lowest BCUT2D eigenvalue weighted by molar-refractivity contribution is 0.878. The topological polar surface area (TPSA) is 56.7 Å². The molecule has 0 aliphatic carbocycles. The van der Waals surface area contributed by atoms with Crippen LogP contribution in [0.4, 0.5) is 5.82 Å². The van der Waals surface area contributed by atoms with E-state index in [-0.39, 0.29) is 0 Å². The van der Waals surface area contributed by atoms with Crippen LogP contribution in [0.3, 0.4) is 0 Å². The van der Waals surface area contributed by atoms with E-state index in [1.54, 1.807) is 17.1 Å². The Hall–Kier alpha value is -1.36. The molecule has 0 aliphatic heterocycles. The summed E-state index contributed by atoms with van der Waals surface area (Å²) in [6, 6.07) is 3.71. The second-order valence-electron chi connectivity index (χ2n) is 2.92. The number of aromatic nitrogens is 3. The highest BCUT2D eigenvalue weighted by atomic mass is 79.9. The number of halogens is 1. The monoisotopic (exact) mass is 252 g/mol. The van der Waals surface area contributed by atoms with Crippen molar-refractivity contribution in [2.75, 3.05) is 5.73 Å². The molecule has 5 heteroatoms. The Bertz CT molecular complexity index is 449. The highest BCUT2D eigenvalue weighted by molar-refractivity contribution is 9.10. The minimum Gasteiger partial charge on any atom is -0.383 e. The van der Waals surface area contributed by atoms with Gasteiger partial charge in [-0.3, -0.25) is 4.98 Å². The molecule has 0 fully saturated rings. The molecule has 2 rings (SSSR count). The average Bonchev–Trinajstić information content (AvgIpc) is 2.47. The van der Waals surface area contributed by atoms with Crippen LogP contribution >= 0.6 is 15.9 Å². The summed E-state index contributed by atoms with van der Waals surface area (Å²) in [6.45, 7) is 1.92.